The number of aliphatic carboxylic acids is 2. The molecule has 0 amide bonds. The fourth-order valence-corrected chi connectivity index (χ4v) is 0. The van der Waals surface area contributed by atoms with Crippen molar-refractivity contribution >= 4 is 11.9 Å². The van der Waals surface area contributed by atoms with Gasteiger partial charge in [0.1, 0.15) is 0 Å². The second-order valence-electron chi connectivity index (χ2n) is 2.01. The molecule has 0 aliphatic heterocycles. The van der Waals surface area contributed by atoms with Crippen LogP contribution in [0.3, 0.4) is 0 Å². The Morgan fingerprint density at radius 1 is 1.27 bits per heavy atom. The summed E-state index contributed by atoms with van der Waals surface area (Å²) in [5.41, 5.74) is 0. The van der Waals surface area contributed by atoms with Crippen LogP contribution in [0.4, 0.5) is 0 Å². The molecule has 0 bridgehead atoms. The van der Waals surface area contributed by atoms with Gasteiger partial charge in [-0.05, 0) is 0 Å². The first-order valence-electron chi connectivity index (χ1n) is 2.80. The standard InChI is InChI=1S/C4H8O2.C2H4O2.Na.H/c1-3(2)4(5)6;1-2(3)4;;/h3H,1-2H3,(H,5,6);1H3,(H,3,4);;/q;;+1;-1. The minimum Gasteiger partial charge on any atom is -1.00 e. The Hall–Kier alpha value is -0.0600. The van der Waals surface area contributed by atoms with Crippen molar-refractivity contribution < 1.29 is 50.8 Å². The molecular formula is C6H13NaO4. The van der Waals surface area contributed by atoms with Crippen LogP contribution >= 0.6 is 0 Å². The van der Waals surface area contributed by atoms with Gasteiger partial charge in [0, 0.05) is 6.92 Å². The molecule has 62 valence electrons. The predicted octanol–water partition coefficient (Wildman–Crippen LogP) is -2.07. The predicted molar refractivity (Wildman–Crippen MR) is 36.9 cm³/mol. The minimum absolute atomic E-state index is 0. The van der Waals surface area contributed by atoms with Crippen LogP contribution in [0.15, 0.2) is 0 Å². The van der Waals surface area contributed by atoms with Crippen molar-refractivity contribution in [2.45, 2.75) is 20.8 Å². The van der Waals surface area contributed by atoms with Gasteiger partial charge in [0.25, 0.3) is 5.97 Å². The Morgan fingerprint density at radius 2 is 1.36 bits per heavy atom. The number of hydrogen-bond donors (Lipinski definition) is 2. The second-order valence-corrected chi connectivity index (χ2v) is 2.01. The van der Waals surface area contributed by atoms with Crippen molar-refractivity contribution in [3.63, 3.8) is 0 Å². The van der Waals surface area contributed by atoms with E-state index in [1.807, 2.05) is 0 Å². The zero-order valence-electron chi connectivity index (χ0n) is 8.29. The van der Waals surface area contributed by atoms with Crippen molar-refractivity contribution in [2.75, 3.05) is 0 Å². The van der Waals surface area contributed by atoms with Gasteiger partial charge in [0.05, 0.1) is 5.92 Å². The molecule has 0 unspecified atom stereocenters. The smallest absolute Gasteiger partial charge is 1.00 e. The van der Waals surface area contributed by atoms with Gasteiger partial charge < -0.3 is 11.6 Å². The van der Waals surface area contributed by atoms with Crippen LogP contribution in [-0.2, 0) is 9.59 Å². The molecule has 0 aliphatic carbocycles. The third kappa shape index (κ3) is 40.4. The molecule has 0 atom stereocenters. The van der Waals surface area contributed by atoms with Crippen LogP contribution in [0.2, 0.25) is 0 Å². The maximum Gasteiger partial charge on any atom is 1.00 e. The average Bonchev–Trinajstić information content (AvgIpc) is 1.63. The number of hydrogen-bond acceptors (Lipinski definition) is 2. The Morgan fingerprint density at radius 3 is 1.36 bits per heavy atom. The van der Waals surface area contributed by atoms with Crippen LogP contribution in [0.5, 0.6) is 0 Å². The van der Waals surface area contributed by atoms with Gasteiger partial charge in [-0.2, -0.15) is 0 Å². The molecule has 0 fully saturated rings. The molecule has 0 aromatic heterocycles. The summed E-state index contributed by atoms with van der Waals surface area (Å²) < 4.78 is 0. The van der Waals surface area contributed by atoms with E-state index in [1.165, 1.54) is 0 Å². The molecule has 5 heteroatoms. The van der Waals surface area contributed by atoms with E-state index in [9.17, 15) is 4.79 Å². The van der Waals surface area contributed by atoms with Crippen LogP contribution in [0, 0.1) is 5.92 Å². The molecule has 0 aromatic rings. The maximum atomic E-state index is 9.70. The number of carbonyl (C=O) groups is 2. The molecule has 2 N–H and O–H groups in total. The number of carboxylic acids is 2. The second kappa shape index (κ2) is 9.94. The molecule has 0 rings (SSSR count). The van der Waals surface area contributed by atoms with Gasteiger partial charge in [-0.1, -0.05) is 13.8 Å². The summed E-state index contributed by atoms with van der Waals surface area (Å²) in [6.45, 7) is 4.37. The molecule has 0 heterocycles. The SMILES string of the molecule is CC(=O)O.CC(C)C(=O)O.[H-].[Na+]. The quantitative estimate of drug-likeness (QED) is 0.446. The van der Waals surface area contributed by atoms with E-state index in [0.717, 1.165) is 6.92 Å². The van der Waals surface area contributed by atoms with E-state index in [1.54, 1.807) is 13.8 Å². The van der Waals surface area contributed by atoms with Gasteiger partial charge in [-0.15, -0.1) is 0 Å². The maximum absolute atomic E-state index is 9.70. The molecule has 0 radical (unpaired) electrons. The molecule has 0 spiro atoms. The molecule has 0 aliphatic rings. The summed E-state index contributed by atoms with van der Waals surface area (Å²) in [6, 6.07) is 0. The molecule has 0 saturated heterocycles. The first-order valence-corrected chi connectivity index (χ1v) is 2.80. The van der Waals surface area contributed by atoms with E-state index in [4.69, 9.17) is 15.0 Å². The van der Waals surface area contributed by atoms with Crippen LogP contribution in [0.1, 0.15) is 22.2 Å². The first-order chi connectivity index (χ1) is 4.37. The number of rotatable bonds is 1. The topological polar surface area (TPSA) is 74.6 Å². The Kier molecular flexibility index (Phi) is 15.5. The Bertz CT molecular complexity index is 123. The fourth-order valence-electron chi connectivity index (χ4n) is 0. The minimum atomic E-state index is -0.833. The van der Waals surface area contributed by atoms with Gasteiger partial charge in [-0.3, -0.25) is 9.59 Å². The summed E-state index contributed by atoms with van der Waals surface area (Å²) in [6.07, 6.45) is 0. The Labute approximate surface area is 89.4 Å². The number of carboxylic acid groups (broad SMARTS) is 2. The molecule has 4 nitrogen and oxygen atoms in total. The molecule has 0 saturated carbocycles. The van der Waals surface area contributed by atoms with Crippen molar-refractivity contribution in [2.24, 2.45) is 5.92 Å². The van der Waals surface area contributed by atoms with E-state index in [2.05, 4.69) is 0 Å². The zero-order chi connectivity index (χ0) is 8.73. The average molecular weight is 172 g/mol. The monoisotopic (exact) mass is 172 g/mol. The van der Waals surface area contributed by atoms with Gasteiger partial charge in [0.2, 0.25) is 0 Å². The normalized spacial score (nSPS) is 7.27. The largest absolute Gasteiger partial charge is 1.00 e. The van der Waals surface area contributed by atoms with Crippen molar-refractivity contribution in [1.29, 1.82) is 0 Å². The van der Waals surface area contributed by atoms with E-state index >= 15 is 0 Å². The first kappa shape index (κ1) is 17.1. The van der Waals surface area contributed by atoms with Crippen LogP contribution in [0.25, 0.3) is 0 Å². The van der Waals surface area contributed by atoms with E-state index in [-0.39, 0.29) is 36.9 Å². The van der Waals surface area contributed by atoms with E-state index < -0.39 is 11.9 Å². The molecular weight excluding hydrogens is 159 g/mol. The zero-order valence-corrected chi connectivity index (χ0v) is 9.29. The summed E-state index contributed by atoms with van der Waals surface area (Å²) in [4.78, 5) is 18.7. The van der Waals surface area contributed by atoms with Gasteiger partial charge in [-0.25, -0.2) is 0 Å². The Balaban J connectivity index is -0.0000000483. The third-order valence-electron chi connectivity index (χ3n) is 0.494. The van der Waals surface area contributed by atoms with Gasteiger partial charge >= 0.3 is 35.5 Å². The molecule has 0 aromatic carbocycles. The summed E-state index contributed by atoms with van der Waals surface area (Å²) >= 11 is 0. The summed E-state index contributed by atoms with van der Waals surface area (Å²) in [5.74, 6) is -1.81. The van der Waals surface area contributed by atoms with Crippen molar-refractivity contribution in [3.05, 3.63) is 0 Å². The summed E-state index contributed by atoms with van der Waals surface area (Å²) in [5, 5.41) is 15.4. The van der Waals surface area contributed by atoms with Crippen LogP contribution < -0.4 is 29.6 Å². The van der Waals surface area contributed by atoms with E-state index in [0.29, 0.717) is 0 Å². The van der Waals surface area contributed by atoms with Crippen molar-refractivity contribution in [3.8, 4) is 0 Å². The van der Waals surface area contributed by atoms with Crippen LogP contribution in [-0.4, -0.2) is 22.2 Å². The third-order valence-corrected chi connectivity index (χ3v) is 0.494. The van der Waals surface area contributed by atoms with Crippen molar-refractivity contribution in [1.82, 2.24) is 0 Å². The van der Waals surface area contributed by atoms with Gasteiger partial charge in [0.15, 0.2) is 0 Å². The fraction of sp³-hybridized carbons (Fsp3) is 0.667. The molecule has 11 heavy (non-hydrogen) atoms. The summed E-state index contributed by atoms with van der Waals surface area (Å²) in [7, 11) is 0.